The normalized spacial score (nSPS) is 10.8. The highest BCUT2D eigenvalue weighted by molar-refractivity contribution is 14.0. The fourth-order valence-electron chi connectivity index (χ4n) is 1.98. The van der Waals surface area contributed by atoms with E-state index in [9.17, 15) is 0 Å². The van der Waals surface area contributed by atoms with Gasteiger partial charge < -0.3 is 15.2 Å². The van der Waals surface area contributed by atoms with Gasteiger partial charge in [-0.2, -0.15) is 0 Å². The van der Waals surface area contributed by atoms with Gasteiger partial charge in [0.15, 0.2) is 5.96 Å². The summed E-state index contributed by atoms with van der Waals surface area (Å²) < 4.78 is 0. The molecule has 0 amide bonds. The molecule has 1 aromatic carbocycles. The summed E-state index contributed by atoms with van der Waals surface area (Å²) in [7, 11) is 5.60. The minimum absolute atomic E-state index is 0. The molecule has 1 heterocycles. The molecule has 2 N–H and O–H groups in total. The Morgan fingerprint density at radius 2 is 2.05 bits per heavy atom. The molecule has 5 nitrogen and oxygen atoms in total. The maximum Gasteiger partial charge on any atom is 0.193 e. The smallest absolute Gasteiger partial charge is 0.193 e. The van der Waals surface area contributed by atoms with Crippen molar-refractivity contribution >= 4 is 29.9 Å². The van der Waals surface area contributed by atoms with Gasteiger partial charge in [-0.3, -0.25) is 4.99 Å². The van der Waals surface area contributed by atoms with E-state index in [4.69, 9.17) is 0 Å². The second-order valence-corrected chi connectivity index (χ2v) is 4.26. The molecule has 20 heavy (non-hydrogen) atoms. The van der Waals surface area contributed by atoms with Crippen LogP contribution < -0.4 is 5.32 Å². The molecule has 0 saturated carbocycles. The number of nitrogens with one attached hydrogen (secondary N) is 2. The number of rotatable bonds is 3. The second-order valence-electron chi connectivity index (χ2n) is 4.26. The van der Waals surface area contributed by atoms with Crippen LogP contribution in [-0.4, -0.2) is 42.0 Å². The molecule has 0 aliphatic rings. The Bertz CT molecular complexity index is 550. The van der Waals surface area contributed by atoms with E-state index in [1.807, 2.05) is 43.4 Å². The van der Waals surface area contributed by atoms with E-state index in [-0.39, 0.29) is 24.0 Å². The second kappa shape index (κ2) is 7.88. The first-order chi connectivity index (χ1) is 9.24. The molecule has 0 aliphatic carbocycles. The van der Waals surface area contributed by atoms with Crippen LogP contribution >= 0.6 is 24.0 Å². The van der Waals surface area contributed by atoms with Gasteiger partial charge in [-0.15, -0.1) is 24.0 Å². The maximum absolute atomic E-state index is 4.40. The number of imidazole rings is 1. The molecule has 2 aromatic rings. The van der Waals surface area contributed by atoms with E-state index in [2.05, 4.69) is 32.4 Å². The Kier molecular flexibility index (Phi) is 6.50. The predicted octanol–water partition coefficient (Wildman–Crippen LogP) is 2.33. The summed E-state index contributed by atoms with van der Waals surface area (Å²) >= 11 is 0. The fraction of sp³-hybridized carbons (Fsp3) is 0.286. The standard InChI is InChI=1S/C14H19N5.HI/c1-15-14(16-2)19(3)10-13-17-9-12(18-13)11-7-5-4-6-8-11;/h4-9H,10H2,1-3H3,(H,15,16)(H,17,18);1H. The van der Waals surface area contributed by atoms with Gasteiger partial charge in [0.2, 0.25) is 0 Å². The van der Waals surface area contributed by atoms with Crippen molar-refractivity contribution in [2.75, 3.05) is 21.1 Å². The van der Waals surface area contributed by atoms with E-state index >= 15 is 0 Å². The third-order valence-electron chi connectivity index (χ3n) is 2.90. The van der Waals surface area contributed by atoms with E-state index in [1.165, 1.54) is 0 Å². The Morgan fingerprint density at radius 3 is 2.65 bits per heavy atom. The number of aromatic nitrogens is 2. The Balaban J connectivity index is 0.00000200. The average Bonchev–Trinajstić information content (AvgIpc) is 2.89. The molecule has 108 valence electrons. The van der Waals surface area contributed by atoms with E-state index < -0.39 is 0 Å². The molecular formula is C14H20IN5. The third kappa shape index (κ3) is 3.96. The Labute approximate surface area is 136 Å². The fourth-order valence-corrected chi connectivity index (χ4v) is 1.98. The minimum atomic E-state index is 0. The summed E-state index contributed by atoms with van der Waals surface area (Å²) in [5.74, 6) is 1.75. The molecule has 6 heteroatoms. The van der Waals surface area contributed by atoms with Crippen LogP contribution in [0.1, 0.15) is 5.82 Å². The van der Waals surface area contributed by atoms with Crippen LogP contribution in [0.4, 0.5) is 0 Å². The Morgan fingerprint density at radius 1 is 1.35 bits per heavy atom. The molecule has 0 saturated heterocycles. The van der Waals surface area contributed by atoms with Gasteiger partial charge in [0.1, 0.15) is 5.82 Å². The van der Waals surface area contributed by atoms with Gasteiger partial charge in [-0.1, -0.05) is 30.3 Å². The van der Waals surface area contributed by atoms with Gasteiger partial charge in [0.05, 0.1) is 18.4 Å². The highest BCUT2D eigenvalue weighted by atomic mass is 127. The quantitative estimate of drug-likeness (QED) is 0.485. The van der Waals surface area contributed by atoms with Gasteiger partial charge in [-0.25, -0.2) is 4.98 Å². The minimum Gasteiger partial charge on any atom is -0.359 e. The zero-order chi connectivity index (χ0) is 13.7. The molecule has 0 spiro atoms. The average molecular weight is 385 g/mol. The number of hydrogen-bond donors (Lipinski definition) is 2. The predicted molar refractivity (Wildman–Crippen MR) is 93.3 cm³/mol. The van der Waals surface area contributed by atoms with Crippen LogP contribution in [0.15, 0.2) is 41.5 Å². The third-order valence-corrected chi connectivity index (χ3v) is 2.90. The SMILES string of the molecule is CN=C(NC)N(C)Cc1ncc(-c2ccccc2)[nH]1.I. The van der Waals surface area contributed by atoms with Crippen LogP contribution in [-0.2, 0) is 6.54 Å². The van der Waals surface area contributed by atoms with Crippen molar-refractivity contribution in [3.05, 3.63) is 42.4 Å². The van der Waals surface area contributed by atoms with Gasteiger partial charge in [-0.05, 0) is 5.56 Å². The lowest BCUT2D eigenvalue weighted by Gasteiger charge is -2.18. The van der Waals surface area contributed by atoms with Crippen LogP contribution in [0.25, 0.3) is 11.3 Å². The summed E-state index contributed by atoms with van der Waals surface area (Å²) in [4.78, 5) is 13.9. The number of guanidine groups is 1. The lowest BCUT2D eigenvalue weighted by atomic mass is 10.2. The number of halogens is 1. The number of nitrogens with zero attached hydrogens (tertiary/aromatic N) is 3. The molecule has 0 bridgehead atoms. The lowest BCUT2D eigenvalue weighted by Crippen LogP contribution is -2.36. The number of hydrogen-bond acceptors (Lipinski definition) is 2. The zero-order valence-electron chi connectivity index (χ0n) is 11.9. The first-order valence-electron chi connectivity index (χ1n) is 6.19. The van der Waals surface area contributed by atoms with Gasteiger partial charge >= 0.3 is 0 Å². The summed E-state index contributed by atoms with van der Waals surface area (Å²) in [6.07, 6.45) is 1.86. The molecule has 0 aliphatic heterocycles. The van der Waals surface area contributed by atoms with Crippen molar-refractivity contribution in [2.24, 2.45) is 4.99 Å². The van der Waals surface area contributed by atoms with Crippen molar-refractivity contribution in [1.82, 2.24) is 20.2 Å². The maximum atomic E-state index is 4.40. The van der Waals surface area contributed by atoms with Crippen LogP contribution in [0.2, 0.25) is 0 Å². The van der Waals surface area contributed by atoms with E-state index in [0.29, 0.717) is 6.54 Å². The molecule has 0 radical (unpaired) electrons. The van der Waals surface area contributed by atoms with Gasteiger partial charge in [0, 0.05) is 21.1 Å². The zero-order valence-corrected chi connectivity index (χ0v) is 14.3. The van der Waals surface area contributed by atoms with Crippen molar-refractivity contribution in [2.45, 2.75) is 6.54 Å². The summed E-state index contributed by atoms with van der Waals surface area (Å²) in [6, 6.07) is 10.2. The lowest BCUT2D eigenvalue weighted by molar-refractivity contribution is 0.469. The number of benzene rings is 1. The molecule has 0 fully saturated rings. The summed E-state index contributed by atoms with van der Waals surface area (Å²) in [5, 5.41) is 3.04. The molecule has 1 aromatic heterocycles. The van der Waals surface area contributed by atoms with Crippen LogP contribution in [0.3, 0.4) is 0 Å². The largest absolute Gasteiger partial charge is 0.359 e. The monoisotopic (exact) mass is 385 g/mol. The molecule has 2 rings (SSSR count). The van der Waals surface area contributed by atoms with Crippen LogP contribution in [0.5, 0.6) is 0 Å². The number of aromatic amines is 1. The Hall–Kier alpha value is -1.57. The molecule has 0 unspecified atom stereocenters. The topological polar surface area (TPSA) is 56.3 Å². The number of H-pyrrole nitrogens is 1. The van der Waals surface area contributed by atoms with Gasteiger partial charge in [0.25, 0.3) is 0 Å². The van der Waals surface area contributed by atoms with Crippen molar-refractivity contribution in [3.63, 3.8) is 0 Å². The van der Waals surface area contributed by atoms with Crippen molar-refractivity contribution < 1.29 is 0 Å². The summed E-state index contributed by atoms with van der Waals surface area (Å²) in [6.45, 7) is 0.681. The highest BCUT2D eigenvalue weighted by Gasteiger charge is 2.08. The number of aliphatic imine (C=N–C) groups is 1. The summed E-state index contributed by atoms with van der Waals surface area (Å²) in [5.41, 5.74) is 2.17. The van der Waals surface area contributed by atoms with Crippen LogP contribution in [0, 0.1) is 0 Å². The first kappa shape index (κ1) is 16.5. The first-order valence-corrected chi connectivity index (χ1v) is 6.19. The van der Waals surface area contributed by atoms with E-state index in [0.717, 1.165) is 23.0 Å². The highest BCUT2D eigenvalue weighted by Crippen LogP contribution is 2.16. The van der Waals surface area contributed by atoms with Crippen molar-refractivity contribution in [1.29, 1.82) is 0 Å². The van der Waals surface area contributed by atoms with Crippen molar-refractivity contribution in [3.8, 4) is 11.3 Å². The molecule has 0 atom stereocenters. The van der Waals surface area contributed by atoms with E-state index in [1.54, 1.807) is 7.05 Å². The molecular weight excluding hydrogens is 365 g/mol.